The molecule has 1 aromatic heterocycles. The van der Waals surface area contributed by atoms with E-state index in [2.05, 4.69) is 30.7 Å². The van der Waals surface area contributed by atoms with Crippen LogP contribution in [0.4, 0.5) is 5.69 Å². The summed E-state index contributed by atoms with van der Waals surface area (Å²) in [5.41, 5.74) is 8.63. The second kappa shape index (κ2) is 6.32. The first-order valence-electron chi connectivity index (χ1n) is 8.18. The standard InChI is InChI=1S/C18H28N4O/c1-7-11(2)15(19)16(23)20-12-8-9-14-13(10-12)21-17(22(14)6)18(3,4)5/h8-11,15H,7,19H2,1-6H3,(H,20,23). The molecule has 5 heteroatoms. The molecule has 1 amide bonds. The van der Waals surface area contributed by atoms with Gasteiger partial charge in [0.05, 0.1) is 17.1 Å². The van der Waals surface area contributed by atoms with Crippen molar-refractivity contribution in [1.29, 1.82) is 0 Å². The second-order valence-electron chi connectivity index (χ2n) is 7.35. The Balaban J connectivity index is 2.29. The highest BCUT2D eigenvalue weighted by molar-refractivity contribution is 5.96. The molecule has 126 valence electrons. The number of carbonyl (C=O) groups is 1. The van der Waals surface area contributed by atoms with Crippen LogP contribution >= 0.6 is 0 Å². The monoisotopic (exact) mass is 316 g/mol. The predicted octanol–water partition coefficient (Wildman–Crippen LogP) is 3.18. The topological polar surface area (TPSA) is 72.9 Å². The largest absolute Gasteiger partial charge is 0.331 e. The Morgan fingerprint density at radius 1 is 1.39 bits per heavy atom. The third-order valence-corrected chi connectivity index (χ3v) is 4.38. The van der Waals surface area contributed by atoms with Gasteiger partial charge in [-0.3, -0.25) is 4.79 Å². The van der Waals surface area contributed by atoms with Gasteiger partial charge in [-0.1, -0.05) is 41.0 Å². The van der Waals surface area contributed by atoms with E-state index in [0.717, 1.165) is 29.0 Å². The minimum absolute atomic E-state index is 0.0317. The predicted molar refractivity (Wildman–Crippen MR) is 95.5 cm³/mol. The van der Waals surface area contributed by atoms with Crippen molar-refractivity contribution in [3.05, 3.63) is 24.0 Å². The van der Waals surface area contributed by atoms with Gasteiger partial charge in [0.15, 0.2) is 0 Å². The van der Waals surface area contributed by atoms with Crippen molar-refractivity contribution in [2.24, 2.45) is 18.7 Å². The highest BCUT2D eigenvalue weighted by atomic mass is 16.2. The molecule has 0 bridgehead atoms. The maximum Gasteiger partial charge on any atom is 0.241 e. The fraction of sp³-hybridized carbons (Fsp3) is 0.556. The molecule has 0 saturated carbocycles. The highest BCUT2D eigenvalue weighted by Gasteiger charge is 2.22. The molecule has 1 aromatic carbocycles. The summed E-state index contributed by atoms with van der Waals surface area (Å²) >= 11 is 0. The van der Waals surface area contributed by atoms with Crippen molar-refractivity contribution in [3.63, 3.8) is 0 Å². The molecule has 0 fully saturated rings. The number of fused-ring (bicyclic) bond motifs is 1. The van der Waals surface area contributed by atoms with Crippen molar-refractivity contribution in [2.45, 2.75) is 52.5 Å². The summed E-state index contributed by atoms with van der Waals surface area (Å²) in [6.07, 6.45) is 0.878. The van der Waals surface area contributed by atoms with Crippen molar-refractivity contribution >= 4 is 22.6 Å². The van der Waals surface area contributed by atoms with Crippen LogP contribution in [0.3, 0.4) is 0 Å². The molecular formula is C18H28N4O. The van der Waals surface area contributed by atoms with Crippen LogP contribution in [-0.2, 0) is 17.3 Å². The van der Waals surface area contributed by atoms with E-state index in [4.69, 9.17) is 10.7 Å². The number of nitrogens with two attached hydrogens (primary N) is 1. The van der Waals surface area contributed by atoms with Crippen molar-refractivity contribution in [3.8, 4) is 0 Å². The number of carbonyl (C=O) groups excluding carboxylic acids is 1. The molecule has 0 radical (unpaired) electrons. The van der Waals surface area contributed by atoms with E-state index in [9.17, 15) is 4.79 Å². The third-order valence-electron chi connectivity index (χ3n) is 4.38. The molecule has 2 aromatic rings. The minimum Gasteiger partial charge on any atom is -0.331 e. The lowest BCUT2D eigenvalue weighted by Crippen LogP contribution is -2.40. The van der Waals surface area contributed by atoms with E-state index in [1.165, 1.54) is 0 Å². The number of benzene rings is 1. The van der Waals surface area contributed by atoms with Crippen molar-refractivity contribution in [1.82, 2.24) is 9.55 Å². The second-order valence-corrected chi connectivity index (χ2v) is 7.35. The number of nitrogens with zero attached hydrogens (tertiary/aromatic N) is 2. The number of hydrogen-bond acceptors (Lipinski definition) is 3. The van der Waals surface area contributed by atoms with Crippen LogP contribution in [0.25, 0.3) is 11.0 Å². The summed E-state index contributed by atoms with van der Waals surface area (Å²) in [7, 11) is 2.02. The maximum atomic E-state index is 12.2. The molecule has 0 spiro atoms. The maximum absolute atomic E-state index is 12.2. The lowest BCUT2D eigenvalue weighted by molar-refractivity contribution is -0.118. The molecule has 0 aliphatic rings. The van der Waals surface area contributed by atoms with E-state index in [1.807, 2.05) is 39.1 Å². The lowest BCUT2D eigenvalue weighted by atomic mass is 9.96. The van der Waals surface area contributed by atoms with Gasteiger partial charge in [-0.05, 0) is 24.1 Å². The Hall–Kier alpha value is -1.88. The zero-order valence-corrected chi connectivity index (χ0v) is 15.0. The summed E-state index contributed by atoms with van der Waals surface area (Å²) in [6.45, 7) is 10.4. The smallest absolute Gasteiger partial charge is 0.241 e. The summed E-state index contributed by atoms with van der Waals surface area (Å²) < 4.78 is 2.10. The summed E-state index contributed by atoms with van der Waals surface area (Å²) in [4.78, 5) is 16.9. The van der Waals surface area contributed by atoms with E-state index < -0.39 is 6.04 Å². The van der Waals surface area contributed by atoms with Crippen molar-refractivity contribution in [2.75, 3.05) is 5.32 Å². The van der Waals surface area contributed by atoms with Gasteiger partial charge in [-0.25, -0.2) is 4.98 Å². The Kier molecular flexibility index (Phi) is 4.80. The molecule has 2 atom stereocenters. The Labute approximate surface area is 138 Å². The normalized spacial score (nSPS) is 14.7. The molecule has 0 aliphatic carbocycles. The van der Waals surface area contributed by atoms with Gasteiger partial charge in [-0.15, -0.1) is 0 Å². The van der Waals surface area contributed by atoms with E-state index in [-0.39, 0.29) is 17.2 Å². The number of aryl methyl sites for hydroxylation is 1. The quantitative estimate of drug-likeness (QED) is 0.910. The number of imidazole rings is 1. The molecule has 1 heterocycles. The fourth-order valence-corrected chi connectivity index (χ4v) is 2.69. The first kappa shape index (κ1) is 17.5. The average molecular weight is 316 g/mol. The molecule has 2 unspecified atom stereocenters. The van der Waals surface area contributed by atoms with Crippen LogP contribution in [0.2, 0.25) is 0 Å². The lowest BCUT2D eigenvalue weighted by Gasteiger charge is -2.17. The van der Waals surface area contributed by atoms with E-state index in [0.29, 0.717) is 0 Å². The molecule has 2 rings (SSSR count). The molecule has 0 aliphatic heterocycles. The van der Waals surface area contributed by atoms with Crippen LogP contribution in [0, 0.1) is 5.92 Å². The Bertz CT molecular complexity index is 712. The van der Waals surface area contributed by atoms with Crippen LogP contribution < -0.4 is 11.1 Å². The van der Waals surface area contributed by atoms with Gasteiger partial charge in [0.2, 0.25) is 5.91 Å². The Morgan fingerprint density at radius 3 is 2.61 bits per heavy atom. The van der Waals surface area contributed by atoms with Crippen LogP contribution in [0.1, 0.15) is 46.9 Å². The van der Waals surface area contributed by atoms with Gasteiger partial charge in [-0.2, -0.15) is 0 Å². The third kappa shape index (κ3) is 3.55. The zero-order valence-electron chi connectivity index (χ0n) is 15.0. The first-order chi connectivity index (χ1) is 10.6. The first-order valence-corrected chi connectivity index (χ1v) is 8.18. The van der Waals surface area contributed by atoms with Crippen LogP contribution in [-0.4, -0.2) is 21.5 Å². The fourth-order valence-electron chi connectivity index (χ4n) is 2.69. The Morgan fingerprint density at radius 2 is 2.04 bits per heavy atom. The van der Waals surface area contributed by atoms with Gasteiger partial charge in [0, 0.05) is 18.2 Å². The highest BCUT2D eigenvalue weighted by Crippen LogP contribution is 2.27. The SMILES string of the molecule is CCC(C)C(N)C(=O)Nc1ccc2c(c1)nc(C(C)(C)C)n2C. The van der Waals surface area contributed by atoms with E-state index in [1.54, 1.807) is 0 Å². The number of rotatable bonds is 4. The molecule has 5 nitrogen and oxygen atoms in total. The van der Waals surface area contributed by atoms with Crippen molar-refractivity contribution < 1.29 is 4.79 Å². The van der Waals surface area contributed by atoms with Gasteiger partial charge in [0.25, 0.3) is 0 Å². The molecule has 23 heavy (non-hydrogen) atoms. The zero-order chi connectivity index (χ0) is 17.4. The van der Waals surface area contributed by atoms with E-state index >= 15 is 0 Å². The van der Waals surface area contributed by atoms with Gasteiger partial charge in [0.1, 0.15) is 5.82 Å². The average Bonchev–Trinajstić information content (AvgIpc) is 2.82. The number of nitrogens with one attached hydrogen (secondary N) is 1. The molecular weight excluding hydrogens is 288 g/mol. The minimum atomic E-state index is -0.496. The summed E-state index contributed by atoms with van der Waals surface area (Å²) in [6, 6.07) is 5.30. The summed E-state index contributed by atoms with van der Waals surface area (Å²) in [5, 5.41) is 2.90. The summed E-state index contributed by atoms with van der Waals surface area (Å²) in [5.74, 6) is 1.03. The van der Waals surface area contributed by atoms with Crippen LogP contribution in [0.5, 0.6) is 0 Å². The van der Waals surface area contributed by atoms with Crippen LogP contribution in [0.15, 0.2) is 18.2 Å². The number of hydrogen-bond donors (Lipinski definition) is 2. The number of amides is 1. The van der Waals surface area contributed by atoms with Gasteiger partial charge < -0.3 is 15.6 Å². The number of anilines is 1. The van der Waals surface area contributed by atoms with Gasteiger partial charge >= 0.3 is 0 Å². The number of aromatic nitrogens is 2. The molecule has 0 saturated heterocycles. The molecule has 3 N–H and O–H groups in total.